The number of amides is 2. The fraction of sp³-hybridized carbons (Fsp3) is 0.200. The molecule has 0 bridgehead atoms. The summed E-state index contributed by atoms with van der Waals surface area (Å²) in [6.45, 7) is 1.90. The van der Waals surface area contributed by atoms with Crippen LogP contribution in [0, 0.1) is 0 Å². The van der Waals surface area contributed by atoms with Crippen molar-refractivity contribution in [3.05, 3.63) is 78.4 Å². The van der Waals surface area contributed by atoms with Gasteiger partial charge in [0.05, 0.1) is 18.3 Å². The quantitative estimate of drug-likeness (QED) is 0.728. The minimum absolute atomic E-state index is 0.0500. The molecule has 3 aromatic rings. The third kappa shape index (κ3) is 4.38. The molecule has 0 fully saturated rings. The lowest BCUT2D eigenvalue weighted by atomic mass is 10.1. The van der Waals surface area contributed by atoms with Crippen molar-refractivity contribution in [2.24, 2.45) is 0 Å². The molecule has 0 saturated carbocycles. The lowest BCUT2D eigenvalue weighted by Crippen LogP contribution is -2.39. The van der Waals surface area contributed by atoms with Crippen LogP contribution in [0.25, 0.3) is 5.69 Å². The number of aromatic nitrogens is 3. The highest BCUT2D eigenvalue weighted by molar-refractivity contribution is 5.96. The summed E-state index contributed by atoms with van der Waals surface area (Å²) in [6.07, 6.45) is 3.11. The average Bonchev–Trinajstić information content (AvgIpc) is 3.26. The van der Waals surface area contributed by atoms with Gasteiger partial charge >= 0.3 is 0 Å². The van der Waals surface area contributed by atoms with E-state index >= 15 is 0 Å². The molecule has 0 aliphatic heterocycles. The predicted octanol–water partition coefficient (Wildman–Crippen LogP) is 2.22. The number of likely N-dealkylation sites (N-methyl/N-ethyl adjacent to an activating group) is 1. The van der Waals surface area contributed by atoms with Crippen molar-refractivity contribution in [1.82, 2.24) is 25.0 Å². The Kier molecular flexibility index (Phi) is 5.61. The zero-order valence-corrected chi connectivity index (χ0v) is 15.2. The van der Waals surface area contributed by atoms with Crippen LogP contribution in [0.15, 0.2) is 67.3 Å². The topological polar surface area (TPSA) is 80.1 Å². The number of nitrogens with one attached hydrogen (secondary N) is 1. The first-order chi connectivity index (χ1) is 13.1. The molecule has 1 heterocycles. The van der Waals surface area contributed by atoms with Gasteiger partial charge in [0.1, 0.15) is 12.7 Å². The van der Waals surface area contributed by atoms with E-state index in [4.69, 9.17) is 0 Å². The van der Waals surface area contributed by atoms with E-state index in [1.165, 1.54) is 6.33 Å². The summed E-state index contributed by atoms with van der Waals surface area (Å²) in [5.74, 6) is -0.422. The van der Waals surface area contributed by atoms with Gasteiger partial charge < -0.3 is 10.2 Å². The lowest BCUT2D eigenvalue weighted by Gasteiger charge is -2.25. The third-order valence-corrected chi connectivity index (χ3v) is 4.47. The van der Waals surface area contributed by atoms with Gasteiger partial charge in [0, 0.05) is 12.6 Å². The summed E-state index contributed by atoms with van der Waals surface area (Å²) >= 11 is 0. The zero-order valence-electron chi connectivity index (χ0n) is 15.2. The van der Waals surface area contributed by atoms with Crippen LogP contribution in [0.1, 0.15) is 28.9 Å². The van der Waals surface area contributed by atoms with Gasteiger partial charge in [-0.25, -0.2) is 9.67 Å². The molecular weight excluding hydrogens is 342 g/mol. The first-order valence-corrected chi connectivity index (χ1v) is 8.60. The van der Waals surface area contributed by atoms with Gasteiger partial charge in [-0.3, -0.25) is 9.59 Å². The van der Waals surface area contributed by atoms with E-state index in [2.05, 4.69) is 15.4 Å². The molecule has 1 aromatic heterocycles. The number of rotatable bonds is 6. The molecule has 0 aliphatic rings. The number of benzene rings is 2. The van der Waals surface area contributed by atoms with Gasteiger partial charge in [-0.15, -0.1) is 0 Å². The zero-order chi connectivity index (χ0) is 19.2. The van der Waals surface area contributed by atoms with Crippen LogP contribution >= 0.6 is 0 Å². The van der Waals surface area contributed by atoms with E-state index in [9.17, 15) is 9.59 Å². The number of hydrogen-bond acceptors (Lipinski definition) is 4. The van der Waals surface area contributed by atoms with Crippen molar-refractivity contribution in [1.29, 1.82) is 0 Å². The van der Waals surface area contributed by atoms with E-state index in [0.717, 1.165) is 11.3 Å². The Morgan fingerprint density at radius 2 is 1.81 bits per heavy atom. The summed E-state index contributed by atoms with van der Waals surface area (Å²) in [6, 6.07) is 16.5. The highest BCUT2D eigenvalue weighted by Crippen LogP contribution is 2.20. The lowest BCUT2D eigenvalue weighted by molar-refractivity contribution is -0.130. The Hall–Kier alpha value is -3.48. The summed E-state index contributed by atoms with van der Waals surface area (Å²) in [4.78, 5) is 30.1. The van der Waals surface area contributed by atoms with E-state index in [-0.39, 0.29) is 24.4 Å². The molecule has 7 nitrogen and oxygen atoms in total. The van der Waals surface area contributed by atoms with Gasteiger partial charge in [0.25, 0.3) is 5.91 Å². The third-order valence-electron chi connectivity index (χ3n) is 4.47. The SMILES string of the molecule is C[C@H](c1ccc(-n2cncn2)cc1)N(C)C(=O)CNC(=O)c1ccccc1. The fourth-order valence-corrected chi connectivity index (χ4v) is 2.66. The molecule has 2 aromatic carbocycles. The van der Waals surface area contributed by atoms with Gasteiger partial charge in [-0.2, -0.15) is 5.10 Å². The summed E-state index contributed by atoms with van der Waals surface area (Å²) < 4.78 is 1.67. The average molecular weight is 363 g/mol. The second-order valence-electron chi connectivity index (χ2n) is 6.16. The maximum atomic E-state index is 12.4. The van der Waals surface area contributed by atoms with Crippen molar-refractivity contribution in [2.75, 3.05) is 13.6 Å². The maximum absolute atomic E-state index is 12.4. The largest absolute Gasteiger partial charge is 0.343 e. The molecule has 1 N–H and O–H groups in total. The summed E-state index contributed by atoms with van der Waals surface area (Å²) in [7, 11) is 1.73. The number of hydrogen-bond donors (Lipinski definition) is 1. The summed E-state index contributed by atoms with van der Waals surface area (Å²) in [5.41, 5.74) is 2.42. The fourth-order valence-electron chi connectivity index (χ4n) is 2.66. The smallest absolute Gasteiger partial charge is 0.251 e. The molecule has 7 heteroatoms. The van der Waals surface area contributed by atoms with E-state index in [1.807, 2.05) is 37.3 Å². The Labute approximate surface area is 157 Å². The first kappa shape index (κ1) is 18.3. The van der Waals surface area contributed by atoms with Crippen molar-refractivity contribution in [3.8, 4) is 5.69 Å². The van der Waals surface area contributed by atoms with Gasteiger partial charge in [0.2, 0.25) is 5.91 Å². The van der Waals surface area contributed by atoms with Crippen molar-refractivity contribution >= 4 is 11.8 Å². The molecule has 0 saturated heterocycles. The highest BCUT2D eigenvalue weighted by atomic mass is 16.2. The van der Waals surface area contributed by atoms with Crippen LogP contribution in [0.5, 0.6) is 0 Å². The molecule has 0 unspecified atom stereocenters. The van der Waals surface area contributed by atoms with Gasteiger partial charge in [0.15, 0.2) is 0 Å². The Balaban J connectivity index is 1.58. The maximum Gasteiger partial charge on any atom is 0.251 e. The van der Waals surface area contributed by atoms with Crippen LogP contribution in [0.4, 0.5) is 0 Å². The molecule has 0 aliphatic carbocycles. The Morgan fingerprint density at radius 3 is 2.44 bits per heavy atom. The molecule has 2 amide bonds. The standard InChI is InChI=1S/C20H21N5O2/c1-15(16-8-10-18(11-9-16)25-14-21-13-23-25)24(2)19(26)12-22-20(27)17-6-4-3-5-7-17/h3-11,13-15H,12H2,1-2H3,(H,22,27)/t15-/m1/s1. The molecule has 0 spiro atoms. The molecule has 1 atom stereocenters. The van der Waals surface area contributed by atoms with Crippen LogP contribution < -0.4 is 5.32 Å². The highest BCUT2D eigenvalue weighted by Gasteiger charge is 2.18. The predicted molar refractivity (Wildman–Crippen MR) is 101 cm³/mol. The molecule has 3 rings (SSSR count). The van der Waals surface area contributed by atoms with Gasteiger partial charge in [-0.1, -0.05) is 30.3 Å². The normalized spacial score (nSPS) is 11.6. The molecule has 138 valence electrons. The second-order valence-corrected chi connectivity index (χ2v) is 6.16. The number of nitrogens with zero attached hydrogens (tertiary/aromatic N) is 4. The Morgan fingerprint density at radius 1 is 1.11 bits per heavy atom. The number of carbonyl (C=O) groups is 2. The monoisotopic (exact) mass is 363 g/mol. The van der Waals surface area contributed by atoms with Crippen LogP contribution in [0.3, 0.4) is 0 Å². The van der Waals surface area contributed by atoms with Crippen molar-refractivity contribution in [2.45, 2.75) is 13.0 Å². The molecule has 27 heavy (non-hydrogen) atoms. The van der Waals surface area contributed by atoms with E-state index < -0.39 is 0 Å². The van der Waals surface area contributed by atoms with Crippen LogP contribution in [-0.2, 0) is 4.79 Å². The minimum atomic E-state index is -0.262. The van der Waals surface area contributed by atoms with Crippen molar-refractivity contribution < 1.29 is 9.59 Å². The summed E-state index contributed by atoms with van der Waals surface area (Å²) in [5, 5.41) is 6.76. The second kappa shape index (κ2) is 8.27. The van der Waals surface area contributed by atoms with E-state index in [1.54, 1.807) is 47.2 Å². The molecule has 0 radical (unpaired) electrons. The van der Waals surface area contributed by atoms with Gasteiger partial charge in [-0.05, 0) is 36.8 Å². The Bertz CT molecular complexity index is 892. The minimum Gasteiger partial charge on any atom is -0.343 e. The number of carbonyl (C=O) groups excluding carboxylic acids is 2. The van der Waals surface area contributed by atoms with Crippen molar-refractivity contribution in [3.63, 3.8) is 0 Å². The van der Waals surface area contributed by atoms with Crippen LogP contribution in [-0.4, -0.2) is 45.1 Å². The van der Waals surface area contributed by atoms with E-state index in [0.29, 0.717) is 5.56 Å². The molecular formula is C20H21N5O2. The van der Waals surface area contributed by atoms with Crippen LogP contribution in [0.2, 0.25) is 0 Å². The first-order valence-electron chi connectivity index (χ1n) is 8.60.